The fraction of sp³-hybridized carbons (Fsp3) is 0.650. The van der Waals surface area contributed by atoms with Crippen LogP contribution >= 0.6 is 0 Å². The van der Waals surface area contributed by atoms with Crippen molar-refractivity contribution < 1.29 is 14.3 Å². The molecule has 0 unspecified atom stereocenters. The highest BCUT2D eigenvalue weighted by molar-refractivity contribution is 5.97. The smallest absolute Gasteiger partial charge is 0.257 e. The molecule has 5 nitrogen and oxygen atoms in total. The SMILES string of the molecule is COCC12CCCCNCCOc3ccccc3C(=O)N(CC1)CC2. The van der Waals surface area contributed by atoms with Crippen molar-refractivity contribution in [1.29, 1.82) is 0 Å². The highest BCUT2D eigenvalue weighted by atomic mass is 16.5. The summed E-state index contributed by atoms with van der Waals surface area (Å²) in [4.78, 5) is 15.0. The Morgan fingerprint density at radius 2 is 1.96 bits per heavy atom. The van der Waals surface area contributed by atoms with Crippen LogP contribution in [0.2, 0.25) is 0 Å². The third-order valence-corrected chi connectivity index (χ3v) is 5.53. The van der Waals surface area contributed by atoms with Crippen LogP contribution in [-0.2, 0) is 4.74 Å². The summed E-state index contributed by atoms with van der Waals surface area (Å²) in [5.41, 5.74) is 0.901. The van der Waals surface area contributed by atoms with Crippen LogP contribution in [0.1, 0.15) is 42.5 Å². The predicted molar refractivity (Wildman–Crippen MR) is 98.1 cm³/mol. The summed E-state index contributed by atoms with van der Waals surface area (Å²) in [7, 11) is 1.79. The van der Waals surface area contributed by atoms with Gasteiger partial charge in [0.25, 0.3) is 5.91 Å². The van der Waals surface area contributed by atoms with E-state index in [9.17, 15) is 4.79 Å². The number of amides is 1. The summed E-state index contributed by atoms with van der Waals surface area (Å²) < 4.78 is 11.4. The van der Waals surface area contributed by atoms with Crippen LogP contribution in [0.3, 0.4) is 0 Å². The second-order valence-corrected chi connectivity index (χ2v) is 7.28. The van der Waals surface area contributed by atoms with Gasteiger partial charge in [0.2, 0.25) is 0 Å². The monoisotopic (exact) mass is 346 g/mol. The number of methoxy groups -OCH3 is 1. The first kappa shape index (κ1) is 18.2. The van der Waals surface area contributed by atoms with Crippen molar-refractivity contribution in [3.05, 3.63) is 29.8 Å². The molecule has 5 heteroatoms. The van der Waals surface area contributed by atoms with Crippen LogP contribution in [0.15, 0.2) is 24.3 Å². The number of hydrogen-bond acceptors (Lipinski definition) is 4. The molecule has 3 heterocycles. The third-order valence-electron chi connectivity index (χ3n) is 5.53. The van der Waals surface area contributed by atoms with E-state index < -0.39 is 0 Å². The van der Waals surface area contributed by atoms with Gasteiger partial charge in [-0.2, -0.15) is 0 Å². The normalized spacial score (nSPS) is 21.8. The molecule has 0 aromatic heterocycles. The van der Waals surface area contributed by atoms with Crippen LogP contribution < -0.4 is 10.1 Å². The quantitative estimate of drug-likeness (QED) is 0.895. The zero-order valence-electron chi connectivity index (χ0n) is 15.3. The molecule has 1 fully saturated rings. The number of ether oxygens (including phenoxy) is 2. The number of carbonyl (C=O) groups is 1. The average molecular weight is 346 g/mol. The van der Waals surface area contributed by atoms with Gasteiger partial charge in [-0.3, -0.25) is 4.79 Å². The van der Waals surface area contributed by atoms with Crippen molar-refractivity contribution in [2.45, 2.75) is 32.1 Å². The van der Waals surface area contributed by atoms with Gasteiger partial charge >= 0.3 is 0 Å². The van der Waals surface area contributed by atoms with Gasteiger partial charge in [0.15, 0.2) is 0 Å². The first-order chi connectivity index (χ1) is 12.2. The lowest BCUT2D eigenvalue weighted by Gasteiger charge is -2.41. The largest absolute Gasteiger partial charge is 0.491 e. The second-order valence-electron chi connectivity index (χ2n) is 7.28. The van der Waals surface area contributed by atoms with Gasteiger partial charge < -0.3 is 19.7 Å². The molecule has 0 spiro atoms. The van der Waals surface area contributed by atoms with Crippen molar-refractivity contribution in [2.75, 3.05) is 46.5 Å². The summed E-state index contributed by atoms with van der Waals surface area (Å²) in [6, 6.07) is 7.60. The van der Waals surface area contributed by atoms with E-state index in [1.165, 1.54) is 19.3 Å². The number of benzene rings is 1. The zero-order valence-corrected chi connectivity index (χ0v) is 15.3. The van der Waals surface area contributed by atoms with E-state index in [0.29, 0.717) is 17.9 Å². The minimum atomic E-state index is 0.0875. The van der Waals surface area contributed by atoms with E-state index in [0.717, 1.165) is 45.6 Å². The molecule has 2 bridgehead atoms. The molecule has 1 amide bonds. The number of nitrogens with one attached hydrogen (secondary N) is 1. The molecule has 0 radical (unpaired) electrons. The molecular formula is C20H30N2O3. The van der Waals surface area contributed by atoms with Crippen LogP contribution in [0.4, 0.5) is 0 Å². The Bertz CT molecular complexity index is 568. The highest BCUT2D eigenvalue weighted by Gasteiger charge is 2.36. The summed E-state index contributed by atoms with van der Waals surface area (Å²) in [6.45, 7) is 4.79. The van der Waals surface area contributed by atoms with E-state index in [1.807, 2.05) is 29.2 Å². The molecule has 1 N–H and O–H groups in total. The Balaban J connectivity index is 1.79. The standard InChI is InChI=1S/C20H30N2O3/c1-24-16-20-8-4-5-11-21-12-15-25-18-7-3-2-6-17(18)19(23)22(13-9-20)14-10-20/h2-3,6-7,21H,4-5,8-16H2,1H3. The minimum absolute atomic E-state index is 0.0875. The maximum absolute atomic E-state index is 13.0. The molecule has 0 aliphatic carbocycles. The van der Waals surface area contributed by atoms with E-state index in [2.05, 4.69) is 5.32 Å². The molecule has 3 aliphatic heterocycles. The number of para-hydroxylation sites is 1. The van der Waals surface area contributed by atoms with Gasteiger partial charge in [-0.15, -0.1) is 0 Å². The number of fused-ring (bicyclic) bond motifs is 9. The Labute approximate surface area is 150 Å². The van der Waals surface area contributed by atoms with E-state index >= 15 is 0 Å². The molecule has 0 atom stereocenters. The van der Waals surface area contributed by atoms with Crippen LogP contribution in [-0.4, -0.2) is 57.3 Å². The van der Waals surface area contributed by atoms with Crippen molar-refractivity contribution in [1.82, 2.24) is 10.2 Å². The molecule has 1 aromatic rings. The van der Waals surface area contributed by atoms with Gasteiger partial charge in [0.05, 0.1) is 12.2 Å². The van der Waals surface area contributed by atoms with E-state index in [-0.39, 0.29) is 11.3 Å². The maximum Gasteiger partial charge on any atom is 0.257 e. The molecule has 138 valence electrons. The second kappa shape index (κ2) is 8.68. The molecule has 25 heavy (non-hydrogen) atoms. The molecule has 4 rings (SSSR count). The summed E-state index contributed by atoms with van der Waals surface area (Å²) in [6.07, 6.45) is 5.58. The molecule has 0 saturated carbocycles. The van der Waals surface area contributed by atoms with Gasteiger partial charge in [0.1, 0.15) is 12.4 Å². The number of piperidine rings is 1. The van der Waals surface area contributed by atoms with E-state index in [4.69, 9.17) is 9.47 Å². The number of nitrogens with zero attached hydrogens (tertiary/aromatic N) is 1. The first-order valence-electron chi connectivity index (χ1n) is 9.45. The fourth-order valence-electron chi connectivity index (χ4n) is 4.00. The molecule has 1 saturated heterocycles. The predicted octanol–water partition coefficient (Wildman–Crippen LogP) is 2.71. The Kier molecular flexibility index (Phi) is 6.32. The number of hydrogen-bond donors (Lipinski definition) is 1. The Morgan fingerprint density at radius 3 is 2.76 bits per heavy atom. The van der Waals surface area contributed by atoms with E-state index in [1.54, 1.807) is 7.11 Å². The number of rotatable bonds is 2. The van der Waals surface area contributed by atoms with Gasteiger partial charge in [0, 0.05) is 26.7 Å². The number of carbonyl (C=O) groups excluding carboxylic acids is 1. The third kappa shape index (κ3) is 4.53. The Morgan fingerprint density at radius 1 is 1.16 bits per heavy atom. The average Bonchev–Trinajstić information content (AvgIpc) is 2.65. The summed E-state index contributed by atoms with van der Waals surface area (Å²) in [5.74, 6) is 0.780. The van der Waals surface area contributed by atoms with Crippen molar-refractivity contribution in [3.8, 4) is 5.75 Å². The lowest BCUT2D eigenvalue weighted by molar-refractivity contribution is 0.0139. The zero-order chi connectivity index (χ0) is 17.5. The van der Waals surface area contributed by atoms with Crippen molar-refractivity contribution in [3.63, 3.8) is 0 Å². The fourth-order valence-corrected chi connectivity index (χ4v) is 4.00. The van der Waals surface area contributed by atoms with Crippen molar-refractivity contribution >= 4 is 5.91 Å². The highest BCUT2D eigenvalue weighted by Crippen LogP contribution is 2.37. The lowest BCUT2D eigenvalue weighted by Crippen LogP contribution is -2.45. The summed E-state index contributed by atoms with van der Waals surface area (Å²) in [5, 5.41) is 3.43. The van der Waals surface area contributed by atoms with Crippen molar-refractivity contribution in [2.24, 2.45) is 5.41 Å². The minimum Gasteiger partial charge on any atom is -0.491 e. The van der Waals surface area contributed by atoms with Gasteiger partial charge in [-0.25, -0.2) is 0 Å². The van der Waals surface area contributed by atoms with Gasteiger partial charge in [-0.05, 0) is 49.8 Å². The lowest BCUT2D eigenvalue weighted by atomic mass is 9.75. The van der Waals surface area contributed by atoms with Crippen LogP contribution in [0, 0.1) is 5.41 Å². The van der Waals surface area contributed by atoms with Crippen LogP contribution in [0.5, 0.6) is 5.75 Å². The van der Waals surface area contributed by atoms with Gasteiger partial charge in [-0.1, -0.05) is 18.6 Å². The van der Waals surface area contributed by atoms with Crippen LogP contribution in [0.25, 0.3) is 0 Å². The molecule has 3 aliphatic rings. The Hall–Kier alpha value is -1.59. The maximum atomic E-state index is 13.0. The molecular weight excluding hydrogens is 316 g/mol. The summed E-state index contributed by atoms with van der Waals surface area (Å²) >= 11 is 0. The topological polar surface area (TPSA) is 50.8 Å². The molecule has 1 aromatic carbocycles. The first-order valence-corrected chi connectivity index (χ1v) is 9.45.